The second-order valence-corrected chi connectivity index (χ2v) is 5.85. The van der Waals surface area contributed by atoms with Crippen LogP contribution in [0.1, 0.15) is 0 Å². The number of nitrogens with two attached hydrogens (primary N) is 1. The first-order chi connectivity index (χ1) is 10.1. The molecule has 0 aliphatic carbocycles. The summed E-state index contributed by atoms with van der Waals surface area (Å²) in [6, 6.07) is 8.75. The average Bonchev–Trinajstić information content (AvgIpc) is 2.48. The lowest BCUT2D eigenvalue weighted by atomic mass is 10.2. The summed E-state index contributed by atoms with van der Waals surface area (Å²) in [5, 5.41) is 0. The fourth-order valence-corrected chi connectivity index (χ4v) is 3.16. The molecule has 2 aromatic rings. The summed E-state index contributed by atoms with van der Waals surface area (Å²) in [7, 11) is 0. The van der Waals surface area contributed by atoms with E-state index in [1.165, 1.54) is 6.07 Å². The van der Waals surface area contributed by atoms with Gasteiger partial charge >= 0.3 is 0 Å². The van der Waals surface area contributed by atoms with Crippen molar-refractivity contribution in [1.82, 2.24) is 4.98 Å². The van der Waals surface area contributed by atoms with Gasteiger partial charge in [-0.15, -0.1) is 0 Å². The van der Waals surface area contributed by atoms with Gasteiger partial charge in [-0.2, -0.15) is 0 Å². The van der Waals surface area contributed by atoms with Crippen molar-refractivity contribution in [3.8, 4) is 0 Å². The molecule has 6 heteroatoms. The van der Waals surface area contributed by atoms with Crippen molar-refractivity contribution in [3.05, 3.63) is 46.8 Å². The monoisotopic (exact) mass is 350 g/mol. The molecule has 1 aliphatic rings. The number of aromatic nitrogens is 1. The van der Waals surface area contributed by atoms with E-state index in [4.69, 9.17) is 5.73 Å². The van der Waals surface area contributed by atoms with Gasteiger partial charge < -0.3 is 15.5 Å². The number of rotatable bonds is 2. The van der Waals surface area contributed by atoms with Gasteiger partial charge in [0.1, 0.15) is 11.6 Å². The molecule has 0 unspecified atom stereocenters. The maximum atomic E-state index is 13.8. The van der Waals surface area contributed by atoms with Crippen LogP contribution < -0.4 is 15.5 Å². The number of benzene rings is 1. The summed E-state index contributed by atoms with van der Waals surface area (Å²) in [6.45, 7) is 3.12. The minimum Gasteiger partial charge on any atom is -0.397 e. The third-order valence-electron chi connectivity index (χ3n) is 3.62. The Bertz CT molecular complexity index is 641. The smallest absolute Gasteiger partial charge is 0.146 e. The molecule has 110 valence electrons. The normalized spacial score (nSPS) is 15.3. The van der Waals surface area contributed by atoms with Crippen LogP contribution in [0.5, 0.6) is 0 Å². The van der Waals surface area contributed by atoms with Crippen LogP contribution in [0.3, 0.4) is 0 Å². The average molecular weight is 351 g/mol. The van der Waals surface area contributed by atoms with Gasteiger partial charge in [0.15, 0.2) is 0 Å². The van der Waals surface area contributed by atoms with Crippen molar-refractivity contribution in [2.45, 2.75) is 0 Å². The predicted molar refractivity (Wildman–Crippen MR) is 87.2 cm³/mol. The van der Waals surface area contributed by atoms with E-state index in [0.717, 1.165) is 36.5 Å². The number of pyridine rings is 1. The zero-order chi connectivity index (χ0) is 14.8. The van der Waals surface area contributed by atoms with E-state index in [1.807, 2.05) is 18.2 Å². The van der Waals surface area contributed by atoms with Gasteiger partial charge in [-0.25, -0.2) is 9.37 Å². The second-order valence-electron chi connectivity index (χ2n) is 5.00. The SMILES string of the molecule is Nc1cnc(N2CCN(c3ccccc3F)CC2)c(Br)c1. The molecule has 21 heavy (non-hydrogen) atoms. The van der Waals surface area contributed by atoms with Crippen molar-refractivity contribution >= 4 is 33.1 Å². The topological polar surface area (TPSA) is 45.4 Å². The minimum absolute atomic E-state index is 0.169. The van der Waals surface area contributed by atoms with Crippen molar-refractivity contribution < 1.29 is 4.39 Å². The highest BCUT2D eigenvalue weighted by atomic mass is 79.9. The molecule has 1 aromatic carbocycles. The van der Waals surface area contributed by atoms with Crippen LogP contribution >= 0.6 is 15.9 Å². The van der Waals surface area contributed by atoms with Crippen LogP contribution in [0.4, 0.5) is 21.6 Å². The van der Waals surface area contributed by atoms with E-state index < -0.39 is 0 Å². The molecule has 0 saturated carbocycles. The highest BCUT2D eigenvalue weighted by Crippen LogP contribution is 2.27. The van der Waals surface area contributed by atoms with Gasteiger partial charge in [0.2, 0.25) is 0 Å². The van der Waals surface area contributed by atoms with Crippen LogP contribution in [0.25, 0.3) is 0 Å². The molecule has 0 atom stereocenters. The van der Waals surface area contributed by atoms with Crippen LogP contribution in [0, 0.1) is 5.82 Å². The molecular formula is C15H16BrFN4. The minimum atomic E-state index is -0.169. The predicted octanol–water partition coefficient (Wildman–Crippen LogP) is 2.89. The third-order valence-corrected chi connectivity index (χ3v) is 4.20. The lowest BCUT2D eigenvalue weighted by Crippen LogP contribution is -2.47. The summed E-state index contributed by atoms with van der Waals surface area (Å²) in [5.41, 5.74) is 7.01. The first kappa shape index (κ1) is 14.1. The molecule has 1 saturated heterocycles. The van der Waals surface area contributed by atoms with E-state index in [2.05, 4.69) is 30.7 Å². The van der Waals surface area contributed by atoms with Crippen LogP contribution in [0.2, 0.25) is 0 Å². The Morgan fingerprint density at radius 1 is 1.10 bits per heavy atom. The molecule has 2 heterocycles. The largest absolute Gasteiger partial charge is 0.397 e. The fraction of sp³-hybridized carbons (Fsp3) is 0.267. The maximum Gasteiger partial charge on any atom is 0.146 e. The molecule has 4 nitrogen and oxygen atoms in total. The summed E-state index contributed by atoms with van der Waals surface area (Å²) in [5.74, 6) is 0.718. The van der Waals surface area contributed by atoms with E-state index in [0.29, 0.717) is 11.4 Å². The fourth-order valence-electron chi connectivity index (χ4n) is 2.55. The number of hydrogen-bond acceptors (Lipinski definition) is 4. The van der Waals surface area contributed by atoms with Gasteiger partial charge in [-0.1, -0.05) is 12.1 Å². The third kappa shape index (κ3) is 2.95. The Hall–Kier alpha value is -1.82. The van der Waals surface area contributed by atoms with Crippen molar-refractivity contribution in [2.75, 3.05) is 41.7 Å². The van der Waals surface area contributed by atoms with E-state index in [9.17, 15) is 4.39 Å². The molecule has 0 bridgehead atoms. The number of nitrogen functional groups attached to an aromatic ring is 1. The zero-order valence-electron chi connectivity index (χ0n) is 11.5. The number of hydrogen-bond donors (Lipinski definition) is 1. The first-order valence-corrected chi connectivity index (χ1v) is 7.60. The van der Waals surface area contributed by atoms with E-state index in [-0.39, 0.29) is 5.82 Å². The number of anilines is 3. The van der Waals surface area contributed by atoms with Crippen LogP contribution in [-0.2, 0) is 0 Å². The second kappa shape index (κ2) is 5.89. The number of nitrogens with zero attached hydrogens (tertiary/aromatic N) is 3. The van der Waals surface area contributed by atoms with Crippen LogP contribution in [0.15, 0.2) is 41.0 Å². The van der Waals surface area contributed by atoms with Gasteiger partial charge in [-0.05, 0) is 34.1 Å². The van der Waals surface area contributed by atoms with Gasteiger partial charge in [-0.3, -0.25) is 0 Å². The van der Waals surface area contributed by atoms with Crippen molar-refractivity contribution in [1.29, 1.82) is 0 Å². The highest BCUT2D eigenvalue weighted by Gasteiger charge is 2.21. The quantitative estimate of drug-likeness (QED) is 0.904. The molecule has 0 amide bonds. The standard InChI is InChI=1S/C15H16BrFN4/c16-12-9-11(18)10-19-15(12)21-7-5-20(6-8-21)14-4-2-1-3-13(14)17/h1-4,9-10H,5-8,18H2. The van der Waals surface area contributed by atoms with Gasteiger partial charge in [0.25, 0.3) is 0 Å². The lowest BCUT2D eigenvalue weighted by Gasteiger charge is -2.37. The van der Waals surface area contributed by atoms with Crippen molar-refractivity contribution in [3.63, 3.8) is 0 Å². The Labute approximate surface area is 131 Å². The Balaban J connectivity index is 1.72. The van der Waals surface area contributed by atoms with Crippen LogP contribution in [-0.4, -0.2) is 31.2 Å². The highest BCUT2D eigenvalue weighted by molar-refractivity contribution is 9.10. The first-order valence-electron chi connectivity index (χ1n) is 6.80. The van der Waals surface area contributed by atoms with Crippen molar-refractivity contribution in [2.24, 2.45) is 0 Å². The maximum absolute atomic E-state index is 13.8. The van der Waals surface area contributed by atoms with E-state index >= 15 is 0 Å². The summed E-state index contributed by atoms with van der Waals surface area (Å²) < 4.78 is 14.7. The molecule has 1 fully saturated rings. The lowest BCUT2D eigenvalue weighted by molar-refractivity contribution is 0.596. The molecule has 1 aliphatic heterocycles. The Morgan fingerprint density at radius 3 is 2.43 bits per heavy atom. The molecule has 1 aromatic heterocycles. The van der Waals surface area contributed by atoms with E-state index in [1.54, 1.807) is 12.3 Å². The summed E-state index contributed by atoms with van der Waals surface area (Å²) >= 11 is 3.50. The molecule has 0 spiro atoms. The Kier molecular flexibility index (Phi) is 3.96. The molecule has 2 N–H and O–H groups in total. The number of halogens is 2. The molecular weight excluding hydrogens is 335 g/mol. The molecule has 3 rings (SSSR count). The summed E-state index contributed by atoms with van der Waals surface area (Å²) in [4.78, 5) is 8.63. The number of piperazine rings is 1. The van der Waals surface area contributed by atoms with Gasteiger partial charge in [0.05, 0.1) is 22.0 Å². The van der Waals surface area contributed by atoms with Gasteiger partial charge in [0, 0.05) is 26.2 Å². The molecule has 0 radical (unpaired) electrons. The Morgan fingerprint density at radius 2 is 1.76 bits per heavy atom. The summed E-state index contributed by atoms with van der Waals surface area (Å²) in [6.07, 6.45) is 1.66. The zero-order valence-corrected chi connectivity index (χ0v) is 13.1. The number of para-hydroxylation sites is 1.